The minimum Gasteiger partial charge on any atom is -0.374 e. The monoisotopic (exact) mass is 473 g/mol. The molecule has 0 spiro atoms. The number of hydrogen-bond acceptors (Lipinski definition) is 5. The van der Waals surface area contributed by atoms with Crippen molar-refractivity contribution in [3.63, 3.8) is 0 Å². The lowest BCUT2D eigenvalue weighted by Gasteiger charge is -2.40. The van der Waals surface area contributed by atoms with Crippen LogP contribution < -0.4 is 10.6 Å². The molecule has 34 heavy (non-hydrogen) atoms. The number of hydrogen-bond donors (Lipinski definition) is 2. The number of nitrogens with one attached hydrogen (secondary N) is 2. The highest BCUT2D eigenvalue weighted by molar-refractivity contribution is 6.01. The number of benzene rings is 1. The fraction of sp³-hybridized carbons (Fsp3) is 0.583. The van der Waals surface area contributed by atoms with E-state index in [1.165, 1.54) is 6.07 Å². The summed E-state index contributed by atoms with van der Waals surface area (Å²) in [4.78, 5) is 52.5. The van der Waals surface area contributed by atoms with Gasteiger partial charge in [0.2, 0.25) is 18.2 Å². The van der Waals surface area contributed by atoms with Crippen LogP contribution in [0, 0.1) is 5.82 Å². The molecule has 3 aliphatic heterocycles. The van der Waals surface area contributed by atoms with Crippen LogP contribution in [0.2, 0.25) is 0 Å². The van der Waals surface area contributed by atoms with Crippen LogP contribution in [0.1, 0.15) is 50.0 Å². The maximum Gasteiger partial charge on any atom is 0.319 e. The van der Waals surface area contributed by atoms with Crippen LogP contribution in [0.4, 0.5) is 14.9 Å². The Labute approximate surface area is 198 Å². The van der Waals surface area contributed by atoms with Gasteiger partial charge in [-0.25, -0.2) is 9.18 Å². The van der Waals surface area contributed by atoms with Crippen LogP contribution in [0.15, 0.2) is 18.2 Å². The summed E-state index contributed by atoms with van der Waals surface area (Å²) in [5.74, 6) is -0.989. The SMILES string of the molecule is CN(C(=O)N1CCC(c2ccc(NC3CCC(=O)NC3=O)cc2F)CC1)C1CCN(C=O)CC1. The summed E-state index contributed by atoms with van der Waals surface area (Å²) in [5.41, 5.74) is 1.13. The van der Waals surface area contributed by atoms with Crippen LogP contribution in [-0.4, -0.2) is 84.3 Å². The standard InChI is InChI=1S/C24H32FN5O4/c1-28(18-8-10-29(15-31)11-9-18)24(34)30-12-6-16(7-13-30)19-3-2-17(14-20(19)25)26-21-4-5-22(32)27-23(21)33/h2-3,14-16,18,21,26H,4-13H2,1H3,(H,27,32,33). The number of likely N-dealkylation sites (tertiary alicyclic amines) is 2. The molecule has 3 aliphatic rings. The number of halogens is 1. The fourth-order valence-electron chi connectivity index (χ4n) is 5.12. The molecular weight excluding hydrogens is 441 g/mol. The highest BCUT2D eigenvalue weighted by Crippen LogP contribution is 2.32. The van der Waals surface area contributed by atoms with Gasteiger partial charge in [-0.1, -0.05) is 6.07 Å². The number of anilines is 1. The van der Waals surface area contributed by atoms with Crippen LogP contribution in [-0.2, 0) is 14.4 Å². The van der Waals surface area contributed by atoms with Gasteiger partial charge in [-0.05, 0) is 55.7 Å². The van der Waals surface area contributed by atoms with E-state index in [2.05, 4.69) is 10.6 Å². The van der Waals surface area contributed by atoms with Gasteiger partial charge in [0.25, 0.3) is 0 Å². The van der Waals surface area contributed by atoms with Crippen molar-refractivity contribution in [3.05, 3.63) is 29.6 Å². The lowest BCUT2D eigenvalue weighted by Crippen LogP contribution is -2.51. The third-order valence-corrected chi connectivity index (χ3v) is 7.28. The number of piperidine rings is 3. The van der Waals surface area contributed by atoms with E-state index in [9.17, 15) is 23.6 Å². The number of nitrogens with zero attached hydrogens (tertiary/aromatic N) is 3. The van der Waals surface area contributed by atoms with Gasteiger partial charge in [-0.15, -0.1) is 0 Å². The molecule has 3 fully saturated rings. The second-order valence-electron chi connectivity index (χ2n) is 9.41. The average Bonchev–Trinajstić information content (AvgIpc) is 2.85. The summed E-state index contributed by atoms with van der Waals surface area (Å²) in [6.07, 6.45) is 4.42. The van der Waals surface area contributed by atoms with Crippen molar-refractivity contribution in [3.8, 4) is 0 Å². The Morgan fingerprint density at radius 2 is 1.82 bits per heavy atom. The third-order valence-electron chi connectivity index (χ3n) is 7.28. The Hall–Kier alpha value is -3.17. The van der Waals surface area contributed by atoms with E-state index in [4.69, 9.17) is 0 Å². The molecule has 0 saturated carbocycles. The summed E-state index contributed by atoms with van der Waals surface area (Å²) in [6.45, 7) is 2.47. The van der Waals surface area contributed by atoms with Gasteiger partial charge in [0, 0.05) is 51.4 Å². The molecule has 1 aromatic carbocycles. The van der Waals surface area contributed by atoms with Gasteiger partial charge in [0.15, 0.2) is 0 Å². The first-order chi connectivity index (χ1) is 16.4. The Bertz CT molecular complexity index is 941. The molecule has 1 aromatic rings. The Balaban J connectivity index is 1.29. The first-order valence-electron chi connectivity index (χ1n) is 12.0. The molecule has 0 bridgehead atoms. The molecule has 9 nitrogen and oxygen atoms in total. The summed E-state index contributed by atoms with van der Waals surface area (Å²) >= 11 is 0. The molecule has 2 N–H and O–H groups in total. The van der Waals surface area contributed by atoms with E-state index in [1.807, 2.05) is 11.9 Å². The average molecular weight is 474 g/mol. The molecular formula is C24H32FN5O4. The van der Waals surface area contributed by atoms with Gasteiger partial charge < -0.3 is 20.0 Å². The number of carbonyl (C=O) groups excluding carboxylic acids is 4. The van der Waals surface area contributed by atoms with Crippen molar-refractivity contribution in [1.29, 1.82) is 0 Å². The van der Waals surface area contributed by atoms with E-state index >= 15 is 0 Å². The lowest BCUT2D eigenvalue weighted by atomic mass is 9.89. The zero-order valence-electron chi connectivity index (χ0n) is 19.5. The molecule has 4 rings (SSSR count). The quantitative estimate of drug-likeness (QED) is 0.502. The van der Waals surface area contributed by atoms with Gasteiger partial charge in [0.1, 0.15) is 11.9 Å². The second-order valence-corrected chi connectivity index (χ2v) is 9.41. The molecule has 0 radical (unpaired) electrons. The topological polar surface area (TPSA) is 102 Å². The van der Waals surface area contributed by atoms with Crippen molar-refractivity contribution in [2.75, 3.05) is 38.5 Å². The summed E-state index contributed by atoms with van der Waals surface area (Å²) in [6, 6.07) is 4.48. The number of urea groups is 1. The van der Waals surface area contributed by atoms with Gasteiger partial charge in [-0.2, -0.15) is 0 Å². The minimum absolute atomic E-state index is 0.00716. The molecule has 0 aromatic heterocycles. The molecule has 0 aliphatic carbocycles. The first kappa shape index (κ1) is 24.0. The van der Waals surface area contributed by atoms with E-state index in [0.717, 1.165) is 19.3 Å². The summed E-state index contributed by atoms with van der Waals surface area (Å²) < 4.78 is 14.9. The molecule has 1 unspecified atom stereocenters. The minimum atomic E-state index is -0.556. The van der Waals surface area contributed by atoms with E-state index in [0.29, 0.717) is 56.7 Å². The van der Waals surface area contributed by atoms with Crippen LogP contribution >= 0.6 is 0 Å². The van der Waals surface area contributed by atoms with Gasteiger partial charge in [-0.3, -0.25) is 19.7 Å². The van der Waals surface area contributed by atoms with E-state index in [1.54, 1.807) is 21.9 Å². The van der Waals surface area contributed by atoms with Crippen LogP contribution in [0.5, 0.6) is 0 Å². The van der Waals surface area contributed by atoms with Crippen molar-refractivity contribution < 1.29 is 23.6 Å². The normalized spacial score (nSPS) is 22.4. The van der Waals surface area contributed by atoms with Crippen molar-refractivity contribution >= 4 is 29.9 Å². The summed E-state index contributed by atoms with van der Waals surface area (Å²) in [7, 11) is 1.82. The highest BCUT2D eigenvalue weighted by atomic mass is 19.1. The predicted molar refractivity (Wildman–Crippen MR) is 124 cm³/mol. The molecule has 3 saturated heterocycles. The Morgan fingerprint density at radius 3 is 2.44 bits per heavy atom. The maximum atomic E-state index is 14.9. The second kappa shape index (κ2) is 10.4. The van der Waals surface area contributed by atoms with Crippen molar-refractivity contribution in [2.45, 2.75) is 56.5 Å². The molecule has 184 valence electrons. The Morgan fingerprint density at radius 1 is 1.12 bits per heavy atom. The predicted octanol–water partition coefficient (Wildman–Crippen LogP) is 1.89. The van der Waals surface area contributed by atoms with Crippen molar-refractivity contribution in [1.82, 2.24) is 20.0 Å². The van der Waals surface area contributed by atoms with Crippen LogP contribution in [0.25, 0.3) is 0 Å². The zero-order chi connectivity index (χ0) is 24.2. The molecule has 5 amide bonds. The largest absolute Gasteiger partial charge is 0.374 e. The van der Waals surface area contributed by atoms with Gasteiger partial charge >= 0.3 is 6.03 Å². The number of carbonyl (C=O) groups is 4. The van der Waals surface area contributed by atoms with Gasteiger partial charge in [0.05, 0.1) is 0 Å². The number of imide groups is 1. The third kappa shape index (κ3) is 5.31. The number of rotatable bonds is 5. The summed E-state index contributed by atoms with van der Waals surface area (Å²) in [5, 5.41) is 5.30. The lowest BCUT2D eigenvalue weighted by molar-refractivity contribution is -0.133. The Kier molecular flexibility index (Phi) is 7.33. The maximum absolute atomic E-state index is 14.9. The van der Waals surface area contributed by atoms with E-state index < -0.39 is 11.9 Å². The van der Waals surface area contributed by atoms with Crippen molar-refractivity contribution in [2.24, 2.45) is 0 Å². The van der Waals surface area contributed by atoms with Crippen LogP contribution in [0.3, 0.4) is 0 Å². The number of amides is 5. The zero-order valence-corrected chi connectivity index (χ0v) is 19.5. The van der Waals surface area contributed by atoms with E-state index in [-0.39, 0.29) is 36.1 Å². The fourth-order valence-corrected chi connectivity index (χ4v) is 5.12. The highest BCUT2D eigenvalue weighted by Gasteiger charge is 2.31. The molecule has 3 heterocycles. The smallest absolute Gasteiger partial charge is 0.319 e. The molecule has 10 heteroatoms. The molecule has 1 atom stereocenters. The first-order valence-corrected chi connectivity index (χ1v) is 12.0.